The summed E-state index contributed by atoms with van der Waals surface area (Å²) in [5, 5.41) is 7.49. The number of methoxy groups -OCH3 is 1. The van der Waals surface area contributed by atoms with Crippen molar-refractivity contribution in [2.24, 2.45) is 4.99 Å². The van der Waals surface area contributed by atoms with Crippen molar-refractivity contribution in [3.63, 3.8) is 0 Å². The molecule has 3 rings (SSSR count). The van der Waals surface area contributed by atoms with E-state index in [2.05, 4.69) is 20.6 Å². The van der Waals surface area contributed by atoms with Gasteiger partial charge in [-0.25, -0.2) is 4.39 Å². The van der Waals surface area contributed by atoms with Crippen molar-refractivity contribution >= 4 is 16.9 Å². The first-order valence-corrected chi connectivity index (χ1v) is 8.52. The molecule has 0 aliphatic carbocycles. The average Bonchev–Trinajstić information content (AvgIpc) is 3.06. The number of hydrogen-bond donors (Lipinski definition) is 3. The van der Waals surface area contributed by atoms with Gasteiger partial charge in [-0.15, -0.1) is 0 Å². The van der Waals surface area contributed by atoms with Crippen molar-refractivity contribution in [1.82, 2.24) is 15.6 Å². The second-order valence-corrected chi connectivity index (χ2v) is 5.96. The molecule has 5 nitrogen and oxygen atoms in total. The van der Waals surface area contributed by atoms with E-state index in [4.69, 9.17) is 4.74 Å². The smallest absolute Gasteiger partial charge is 0.191 e. The molecule has 1 aromatic heterocycles. The van der Waals surface area contributed by atoms with Crippen LogP contribution in [0.3, 0.4) is 0 Å². The molecule has 3 aromatic rings. The van der Waals surface area contributed by atoms with Crippen molar-refractivity contribution in [1.29, 1.82) is 0 Å². The molecule has 0 atom stereocenters. The molecule has 0 aliphatic rings. The Morgan fingerprint density at radius 2 is 2.08 bits per heavy atom. The molecule has 0 fully saturated rings. The first-order valence-electron chi connectivity index (χ1n) is 8.52. The van der Waals surface area contributed by atoms with Crippen molar-refractivity contribution in [2.75, 3.05) is 20.7 Å². The van der Waals surface area contributed by atoms with E-state index < -0.39 is 0 Å². The average molecular weight is 354 g/mol. The minimum atomic E-state index is -0.220. The van der Waals surface area contributed by atoms with E-state index in [1.165, 1.54) is 6.07 Å². The predicted octanol–water partition coefficient (Wildman–Crippen LogP) is 3.22. The Hall–Kier alpha value is -3.02. The highest BCUT2D eigenvalue weighted by Crippen LogP contribution is 2.19. The third-order valence-electron chi connectivity index (χ3n) is 4.23. The minimum absolute atomic E-state index is 0.220. The number of aliphatic imine (C=N–C) groups is 1. The third kappa shape index (κ3) is 4.33. The van der Waals surface area contributed by atoms with E-state index in [0.717, 1.165) is 40.2 Å². The summed E-state index contributed by atoms with van der Waals surface area (Å²) in [6.45, 7) is 1.34. The summed E-state index contributed by atoms with van der Waals surface area (Å²) in [6.07, 6.45) is 2.70. The lowest BCUT2D eigenvalue weighted by molar-refractivity contribution is 0.414. The molecule has 2 aromatic carbocycles. The van der Waals surface area contributed by atoms with Crippen LogP contribution >= 0.6 is 0 Å². The first-order chi connectivity index (χ1) is 12.7. The molecule has 0 radical (unpaired) electrons. The molecule has 0 amide bonds. The van der Waals surface area contributed by atoms with Crippen molar-refractivity contribution in [3.8, 4) is 5.75 Å². The second kappa shape index (κ2) is 8.38. The van der Waals surface area contributed by atoms with E-state index >= 15 is 0 Å². The molecule has 0 aliphatic heterocycles. The van der Waals surface area contributed by atoms with Gasteiger partial charge in [0.05, 0.1) is 7.11 Å². The van der Waals surface area contributed by atoms with Gasteiger partial charge in [-0.3, -0.25) is 4.99 Å². The molecular formula is C20H23FN4O. The number of aromatic amines is 1. The number of nitrogens with one attached hydrogen (secondary N) is 3. The maximum Gasteiger partial charge on any atom is 0.191 e. The molecule has 0 unspecified atom stereocenters. The summed E-state index contributed by atoms with van der Waals surface area (Å²) >= 11 is 0. The van der Waals surface area contributed by atoms with Gasteiger partial charge >= 0.3 is 0 Å². The van der Waals surface area contributed by atoms with Gasteiger partial charge in [0.2, 0.25) is 0 Å². The summed E-state index contributed by atoms with van der Waals surface area (Å²) in [6, 6.07) is 12.7. The summed E-state index contributed by atoms with van der Waals surface area (Å²) in [5.74, 6) is 1.33. The monoisotopic (exact) mass is 354 g/mol. The quantitative estimate of drug-likeness (QED) is 0.470. The topological polar surface area (TPSA) is 61.4 Å². The Labute approximate surface area is 152 Å². The zero-order valence-corrected chi connectivity index (χ0v) is 15.0. The number of nitrogens with zero attached hydrogens (tertiary/aromatic N) is 1. The fourth-order valence-electron chi connectivity index (χ4n) is 2.86. The molecule has 0 saturated heterocycles. The van der Waals surface area contributed by atoms with Crippen molar-refractivity contribution < 1.29 is 9.13 Å². The van der Waals surface area contributed by atoms with Gasteiger partial charge in [-0.2, -0.15) is 0 Å². The largest absolute Gasteiger partial charge is 0.497 e. The number of hydrogen-bond acceptors (Lipinski definition) is 2. The molecule has 26 heavy (non-hydrogen) atoms. The summed E-state index contributed by atoms with van der Waals surface area (Å²) in [4.78, 5) is 7.41. The summed E-state index contributed by atoms with van der Waals surface area (Å²) in [5.41, 5.74) is 3.14. The number of benzene rings is 2. The van der Waals surface area contributed by atoms with Crippen molar-refractivity contribution in [2.45, 2.75) is 13.0 Å². The Balaban J connectivity index is 1.53. The van der Waals surface area contributed by atoms with Crippen LogP contribution in [0.25, 0.3) is 10.9 Å². The zero-order valence-electron chi connectivity index (χ0n) is 15.0. The number of rotatable bonds is 6. The second-order valence-electron chi connectivity index (χ2n) is 5.96. The van der Waals surface area contributed by atoms with Crippen LogP contribution in [0.4, 0.5) is 4.39 Å². The highest BCUT2D eigenvalue weighted by Gasteiger charge is 2.05. The first kappa shape index (κ1) is 17.8. The third-order valence-corrected chi connectivity index (χ3v) is 4.23. The number of ether oxygens (including phenoxy) is 1. The van der Waals surface area contributed by atoms with Crippen LogP contribution in [0, 0.1) is 5.82 Å². The number of aromatic nitrogens is 1. The van der Waals surface area contributed by atoms with E-state index in [1.54, 1.807) is 26.3 Å². The van der Waals surface area contributed by atoms with E-state index in [1.807, 2.05) is 30.5 Å². The Kier molecular flexibility index (Phi) is 5.73. The minimum Gasteiger partial charge on any atom is -0.497 e. The van der Waals surface area contributed by atoms with Crippen molar-refractivity contribution in [3.05, 3.63) is 65.6 Å². The maximum absolute atomic E-state index is 13.4. The zero-order chi connectivity index (χ0) is 18.4. The summed E-state index contributed by atoms with van der Waals surface area (Å²) in [7, 11) is 3.39. The number of guanidine groups is 1. The van der Waals surface area contributed by atoms with E-state index in [0.29, 0.717) is 13.1 Å². The van der Waals surface area contributed by atoms with Gasteiger partial charge < -0.3 is 20.4 Å². The molecule has 0 saturated carbocycles. The van der Waals surface area contributed by atoms with Gasteiger partial charge in [0.25, 0.3) is 0 Å². The molecule has 0 spiro atoms. The van der Waals surface area contributed by atoms with Gasteiger partial charge in [0, 0.05) is 37.2 Å². The SMILES string of the molecule is CN=C(NCCc1c[nH]c2ccc(F)cc12)NCc1cccc(OC)c1. The van der Waals surface area contributed by atoms with Crippen LogP contribution in [-0.4, -0.2) is 31.6 Å². The number of fused-ring (bicyclic) bond motifs is 1. The molecule has 3 N–H and O–H groups in total. The van der Waals surface area contributed by atoms with Crippen LogP contribution in [0.5, 0.6) is 5.75 Å². The lowest BCUT2D eigenvalue weighted by Crippen LogP contribution is -2.37. The van der Waals surface area contributed by atoms with E-state index in [9.17, 15) is 4.39 Å². The highest BCUT2D eigenvalue weighted by molar-refractivity contribution is 5.83. The molecule has 0 bridgehead atoms. The molecule has 1 heterocycles. The number of H-pyrrole nitrogens is 1. The fraction of sp³-hybridized carbons (Fsp3) is 0.250. The Bertz CT molecular complexity index is 904. The maximum atomic E-state index is 13.4. The van der Waals surface area contributed by atoms with Gasteiger partial charge in [-0.05, 0) is 47.9 Å². The highest BCUT2D eigenvalue weighted by atomic mass is 19.1. The van der Waals surface area contributed by atoms with Crippen LogP contribution in [0.15, 0.2) is 53.7 Å². The predicted molar refractivity (Wildman–Crippen MR) is 103 cm³/mol. The number of halogens is 1. The molecule has 6 heteroatoms. The Morgan fingerprint density at radius 3 is 2.88 bits per heavy atom. The van der Waals surface area contributed by atoms with Crippen LogP contribution < -0.4 is 15.4 Å². The van der Waals surface area contributed by atoms with Gasteiger partial charge in [-0.1, -0.05) is 12.1 Å². The fourth-order valence-corrected chi connectivity index (χ4v) is 2.86. The lowest BCUT2D eigenvalue weighted by Gasteiger charge is -2.12. The van der Waals surface area contributed by atoms with Crippen LogP contribution in [-0.2, 0) is 13.0 Å². The lowest BCUT2D eigenvalue weighted by atomic mass is 10.1. The molecule has 136 valence electrons. The van der Waals surface area contributed by atoms with E-state index in [-0.39, 0.29) is 5.82 Å². The standard InChI is InChI=1S/C20H23FN4O/c1-22-20(25-12-14-4-3-5-17(10-14)26-2)23-9-8-15-13-24-19-7-6-16(21)11-18(15)19/h3-7,10-11,13,24H,8-9,12H2,1-2H3,(H2,22,23,25). The van der Waals surface area contributed by atoms with Crippen LogP contribution in [0.2, 0.25) is 0 Å². The van der Waals surface area contributed by atoms with Gasteiger partial charge in [0.15, 0.2) is 5.96 Å². The normalized spacial score (nSPS) is 11.6. The van der Waals surface area contributed by atoms with Crippen LogP contribution in [0.1, 0.15) is 11.1 Å². The van der Waals surface area contributed by atoms with Gasteiger partial charge in [0.1, 0.15) is 11.6 Å². The Morgan fingerprint density at radius 1 is 1.19 bits per heavy atom. The molecular weight excluding hydrogens is 331 g/mol. The summed E-state index contributed by atoms with van der Waals surface area (Å²) < 4.78 is 18.7.